The minimum atomic E-state index is 0.330. The maximum Gasteiger partial charge on any atom is 0.223 e. The number of aromatic amines is 1. The predicted molar refractivity (Wildman–Crippen MR) is 98.2 cm³/mol. The van der Waals surface area contributed by atoms with E-state index in [-0.39, 0.29) is 0 Å². The average molecular weight is 342 g/mol. The third kappa shape index (κ3) is 2.97. The Bertz CT molecular complexity index is 851. The number of nitrogens with one attached hydrogen (secondary N) is 2. The third-order valence-electron chi connectivity index (χ3n) is 4.69. The van der Waals surface area contributed by atoms with Crippen LogP contribution in [0.4, 0.5) is 5.95 Å². The number of hydrogen-bond donors (Lipinski definition) is 3. The van der Waals surface area contributed by atoms with E-state index in [0.717, 1.165) is 47.8 Å². The molecule has 0 aliphatic heterocycles. The topological polar surface area (TPSA) is 79.6 Å². The van der Waals surface area contributed by atoms with Gasteiger partial charge in [-0.25, -0.2) is 9.97 Å². The summed E-state index contributed by atoms with van der Waals surface area (Å²) in [7, 11) is 0. The zero-order valence-electron chi connectivity index (χ0n) is 13.3. The fourth-order valence-corrected chi connectivity index (χ4v) is 3.53. The number of hydrogen-bond acceptors (Lipinski definition) is 4. The van der Waals surface area contributed by atoms with Crippen LogP contribution in [0.2, 0.25) is 5.02 Å². The summed E-state index contributed by atoms with van der Waals surface area (Å²) in [5, 5.41) is 5.09. The molecule has 0 saturated heterocycles. The van der Waals surface area contributed by atoms with E-state index in [2.05, 4.69) is 26.3 Å². The minimum Gasteiger partial charge on any atom is -0.360 e. The Morgan fingerprint density at radius 1 is 1.17 bits per heavy atom. The Labute approximate surface area is 145 Å². The van der Waals surface area contributed by atoms with Gasteiger partial charge >= 0.3 is 0 Å². The number of H-pyrrole nitrogens is 1. The second-order valence-electron chi connectivity index (χ2n) is 6.39. The molecule has 0 spiro atoms. The van der Waals surface area contributed by atoms with Crippen molar-refractivity contribution < 1.29 is 0 Å². The van der Waals surface area contributed by atoms with E-state index < -0.39 is 0 Å². The predicted octanol–water partition coefficient (Wildman–Crippen LogP) is 3.96. The highest BCUT2D eigenvalue weighted by molar-refractivity contribution is 6.33. The molecular formula is C18H20ClN5. The summed E-state index contributed by atoms with van der Waals surface area (Å²) >= 11 is 6.37. The summed E-state index contributed by atoms with van der Waals surface area (Å²) in [6.07, 6.45) is 7.80. The molecule has 0 amide bonds. The van der Waals surface area contributed by atoms with Crippen LogP contribution < -0.4 is 11.1 Å². The first kappa shape index (κ1) is 15.4. The number of aromatic nitrogens is 3. The lowest BCUT2D eigenvalue weighted by Gasteiger charge is -2.26. The number of anilines is 1. The van der Waals surface area contributed by atoms with Crippen LogP contribution in [0.1, 0.15) is 25.7 Å². The Morgan fingerprint density at radius 3 is 2.79 bits per heavy atom. The molecule has 5 nitrogen and oxygen atoms in total. The molecule has 0 atom stereocenters. The highest BCUT2D eigenvalue weighted by atomic mass is 35.5. The van der Waals surface area contributed by atoms with Crippen LogP contribution in [0.25, 0.3) is 22.2 Å². The van der Waals surface area contributed by atoms with Gasteiger partial charge in [-0.2, -0.15) is 0 Å². The first-order valence-electron chi connectivity index (χ1n) is 8.32. The largest absolute Gasteiger partial charge is 0.360 e. The van der Waals surface area contributed by atoms with Crippen LogP contribution in [0.3, 0.4) is 0 Å². The van der Waals surface area contributed by atoms with Crippen LogP contribution in [-0.2, 0) is 0 Å². The van der Waals surface area contributed by atoms with Gasteiger partial charge in [0.05, 0.1) is 16.9 Å². The van der Waals surface area contributed by atoms with E-state index in [1.165, 1.54) is 0 Å². The van der Waals surface area contributed by atoms with Crippen molar-refractivity contribution in [2.24, 2.45) is 5.73 Å². The molecule has 1 aromatic carbocycles. The molecule has 1 aliphatic rings. The van der Waals surface area contributed by atoms with Crippen molar-refractivity contribution in [3.8, 4) is 11.3 Å². The van der Waals surface area contributed by atoms with Crippen molar-refractivity contribution in [3.63, 3.8) is 0 Å². The SMILES string of the molecule is NC1CCC(Nc2ncc(Cl)c(-c3c[nH]c4ccccc34)n2)CC1. The lowest BCUT2D eigenvalue weighted by molar-refractivity contribution is 0.410. The average Bonchev–Trinajstić information content (AvgIpc) is 3.03. The highest BCUT2D eigenvalue weighted by Gasteiger charge is 2.20. The van der Waals surface area contributed by atoms with Crippen molar-refractivity contribution in [2.75, 3.05) is 5.32 Å². The Kier molecular flexibility index (Phi) is 4.12. The monoisotopic (exact) mass is 341 g/mol. The van der Waals surface area contributed by atoms with Crippen LogP contribution in [0.5, 0.6) is 0 Å². The smallest absolute Gasteiger partial charge is 0.223 e. The third-order valence-corrected chi connectivity index (χ3v) is 4.97. The summed E-state index contributed by atoms with van der Waals surface area (Å²) in [5.74, 6) is 0.625. The molecular weight excluding hydrogens is 322 g/mol. The lowest BCUT2D eigenvalue weighted by atomic mass is 9.92. The zero-order valence-corrected chi connectivity index (χ0v) is 14.1. The van der Waals surface area contributed by atoms with Crippen LogP contribution >= 0.6 is 11.6 Å². The van der Waals surface area contributed by atoms with Gasteiger partial charge in [0.15, 0.2) is 0 Å². The van der Waals surface area contributed by atoms with Gasteiger partial charge in [0.2, 0.25) is 5.95 Å². The quantitative estimate of drug-likeness (QED) is 0.673. The van der Waals surface area contributed by atoms with Gasteiger partial charge in [0, 0.05) is 34.7 Å². The first-order chi connectivity index (χ1) is 11.7. The summed E-state index contributed by atoms with van der Waals surface area (Å²) < 4.78 is 0. The molecule has 0 radical (unpaired) electrons. The molecule has 4 rings (SSSR count). The van der Waals surface area contributed by atoms with Crippen molar-refractivity contribution in [2.45, 2.75) is 37.8 Å². The fourth-order valence-electron chi connectivity index (χ4n) is 3.34. The molecule has 6 heteroatoms. The number of halogens is 1. The number of fused-ring (bicyclic) bond motifs is 1. The van der Waals surface area contributed by atoms with E-state index >= 15 is 0 Å². The van der Waals surface area contributed by atoms with Gasteiger partial charge < -0.3 is 16.0 Å². The lowest BCUT2D eigenvalue weighted by Crippen LogP contribution is -2.33. The maximum atomic E-state index is 6.37. The number of nitrogens with two attached hydrogens (primary N) is 1. The Hall–Kier alpha value is -2.11. The van der Waals surface area contributed by atoms with Gasteiger partial charge in [-0.1, -0.05) is 29.8 Å². The standard InChI is InChI=1S/C18H20ClN5/c19-15-10-22-18(23-12-7-5-11(20)6-8-12)24-17(15)14-9-21-16-4-2-1-3-13(14)16/h1-4,9-12,21H,5-8,20H2,(H,22,23,24). The number of para-hydroxylation sites is 1. The summed E-state index contributed by atoms with van der Waals surface area (Å²) in [6.45, 7) is 0. The van der Waals surface area contributed by atoms with E-state index in [0.29, 0.717) is 23.1 Å². The molecule has 0 unspecified atom stereocenters. The minimum absolute atomic E-state index is 0.330. The normalized spacial score (nSPS) is 21.1. The molecule has 1 saturated carbocycles. The van der Waals surface area contributed by atoms with Gasteiger partial charge in [0.1, 0.15) is 0 Å². The van der Waals surface area contributed by atoms with Crippen molar-refractivity contribution in [1.29, 1.82) is 0 Å². The van der Waals surface area contributed by atoms with Gasteiger partial charge in [-0.3, -0.25) is 0 Å². The van der Waals surface area contributed by atoms with Crippen LogP contribution in [0.15, 0.2) is 36.7 Å². The summed E-state index contributed by atoms with van der Waals surface area (Å²) in [5.41, 5.74) is 8.78. The Balaban J connectivity index is 1.64. The van der Waals surface area contributed by atoms with E-state index in [9.17, 15) is 0 Å². The Morgan fingerprint density at radius 2 is 1.96 bits per heavy atom. The zero-order chi connectivity index (χ0) is 16.5. The van der Waals surface area contributed by atoms with Crippen LogP contribution in [-0.4, -0.2) is 27.0 Å². The summed E-state index contributed by atoms with van der Waals surface area (Å²) in [6, 6.07) is 8.83. The fraction of sp³-hybridized carbons (Fsp3) is 0.333. The molecule has 24 heavy (non-hydrogen) atoms. The van der Waals surface area contributed by atoms with Gasteiger partial charge in [-0.15, -0.1) is 0 Å². The second-order valence-corrected chi connectivity index (χ2v) is 6.80. The molecule has 124 valence electrons. The molecule has 2 aromatic heterocycles. The molecule has 2 heterocycles. The van der Waals surface area contributed by atoms with Crippen molar-refractivity contribution >= 4 is 28.5 Å². The first-order valence-corrected chi connectivity index (χ1v) is 8.69. The molecule has 3 aromatic rings. The maximum absolute atomic E-state index is 6.37. The van der Waals surface area contributed by atoms with Gasteiger partial charge in [0.25, 0.3) is 0 Å². The van der Waals surface area contributed by atoms with Gasteiger partial charge in [-0.05, 0) is 31.7 Å². The van der Waals surface area contributed by atoms with E-state index in [1.54, 1.807) is 6.20 Å². The number of benzene rings is 1. The molecule has 4 N–H and O–H groups in total. The number of nitrogens with zero attached hydrogens (tertiary/aromatic N) is 2. The molecule has 0 bridgehead atoms. The molecule has 1 fully saturated rings. The van der Waals surface area contributed by atoms with Crippen LogP contribution in [0, 0.1) is 0 Å². The van der Waals surface area contributed by atoms with Crippen molar-refractivity contribution in [1.82, 2.24) is 15.0 Å². The molecule has 1 aliphatic carbocycles. The highest BCUT2D eigenvalue weighted by Crippen LogP contribution is 2.32. The van der Waals surface area contributed by atoms with E-state index in [4.69, 9.17) is 17.3 Å². The number of rotatable bonds is 3. The van der Waals surface area contributed by atoms with E-state index in [1.807, 2.05) is 24.4 Å². The second kappa shape index (κ2) is 6.42. The van der Waals surface area contributed by atoms with Crippen molar-refractivity contribution in [3.05, 3.63) is 41.7 Å². The summed E-state index contributed by atoms with van der Waals surface area (Å²) in [4.78, 5) is 12.3.